The minimum absolute atomic E-state index is 0.123. The lowest BCUT2D eigenvalue weighted by atomic mass is 9.63. The number of hydrogen-bond acceptors (Lipinski definition) is 3. The van der Waals surface area contributed by atoms with Crippen LogP contribution in [0.1, 0.15) is 46.0 Å². The molecule has 0 aromatic carbocycles. The van der Waals surface area contributed by atoms with Crippen LogP contribution in [0.3, 0.4) is 0 Å². The molecule has 1 heterocycles. The molecule has 2 aliphatic carbocycles. The smallest absolute Gasteiger partial charge is 0.256 e. The Morgan fingerprint density at radius 3 is 2.32 bits per heavy atom. The Morgan fingerprint density at radius 1 is 1.14 bits per heavy atom. The monoisotopic (exact) mass is 381 g/mol. The number of carbonyl (C=O) groups excluding carboxylic acids is 2. The van der Waals surface area contributed by atoms with Gasteiger partial charge >= 0.3 is 0 Å². The Kier molecular flexibility index (Phi) is 4.29. The first-order chi connectivity index (χ1) is 10.1. The van der Waals surface area contributed by atoms with Gasteiger partial charge in [-0.25, -0.2) is 4.31 Å². The van der Waals surface area contributed by atoms with Crippen molar-refractivity contribution in [2.45, 2.75) is 49.1 Å². The zero-order chi connectivity index (χ0) is 16.3. The molecular weight excluding hydrogens is 365 g/mol. The van der Waals surface area contributed by atoms with Crippen LogP contribution in [0.4, 0.5) is 0 Å². The lowest BCUT2D eigenvalue weighted by molar-refractivity contribution is -0.133. The molecule has 22 heavy (non-hydrogen) atoms. The van der Waals surface area contributed by atoms with E-state index in [1.54, 1.807) is 0 Å². The first-order valence-corrected chi connectivity index (χ1v) is 9.36. The predicted molar refractivity (Wildman–Crippen MR) is 90.6 cm³/mol. The van der Waals surface area contributed by atoms with Crippen LogP contribution in [0.15, 0.2) is 11.1 Å². The largest absolute Gasteiger partial charge is 0.273 e. The van der Waals surface area contributed by atoms with E-state index < -0.39 is 3.12 Å². The highest BCUT2D eigenvalue weighted by Gasteiger charge is 2.53. The van der Waals surface area contributed by atoms with Crippen molar-refractivity contribution in [2.24, 2.45) is 17.3 Å². The van der Waals surface area contributed by atoms with E-state index in [-0.39, 0.29) is 29.1 Å². The Bertz CT molecular complexity index is 568. The highest BCUT2D eigenvalue weighted by atomic mass is 35.6. The summed E-state index contributed by atoms with van der Waals surface area (Å²) in [7, 11) is 0. The van der Waals surface area contributed by atoms with Crippen molar-refractivity contribution in [1.82, 2.24) is 4.31 Å². The fourth-order valence-corrected chi connectivity index (χ4v) is 5.34. The molecule has 2 atom stereocenters. The molecule has 0 aromatic rings. The fourth-order valence-electron chi connectivity index (χ4n) is 4.06. The van der Waals surface area contributed by atoms with Crippen LogP contribution in [0, 0.1) is 17.3 Å². The van der Waals surface area contributed by atoms with E-state index >= 15 is 0 Å². The molecule has 1 saturated heterocycles. The van der Waals surface area contributed by atoms with Crippen LogP contribution in [-0.2, 0) is 9.59 Å². The van der Waals surface area contributed by atoms with Crippen molar-refractivity contribution in [3.63, 3.8) is 0 Å². The topological polar surface area (TPSA) is 37.4 Å². The second kappa shape index (κ2) is 5.58. The predicted octanol–water partition coefficient (Wildman–Crippen LogP) is 4.86. The van der Waals surface area contributed by atoms with E-state index in [1.165, 1.54) is 11.1 Å². The Morgan fingerprint density at radius 2 is 1.73 bits per heavy atom. The maximum absolute atomic E-state index is 12.6. The number of imide groups is 1. The second-order valence-electron chi connectivity index (χ2n) is 6.95. The molecule has 1 fully saturated rings. The number of amides is 2. The van der Waals surface area contributed by atoms with E-state index in [0.29, 0.717) is 24.8 Å². The van der Waals surface area contributed by atoms with Gasteiger partial charge in [0.05, 0.1) is 11.8 Å². The van der Waals surface area contributed by atoms with Gasteiger partial charge in [-0.3, -0.25) is 9.59 Å². The van der Waals surface area contributed by atoms with E-state index in [2.05, 4.69) is 13.8 Å². The number of hydrogen-bond donors (Lipinski definition) is 0. The summed E-state index contributed by atoms with van der Waals surface area (Å²) in [5.41, 5.74) is 2.87. The van der Waals surface area contributed by atoms with Crippen LogP contribution >= 0.6 is 46.8 Å². The molecular formula is C15H18Cl3NO2S. The van der Waals surface area contributed by atoms with Gasteiger partial charge in [-0.1, -0.05) is 59.8 Å². The highest BCUT2D eigenvalue weighted by Crippen LogP contribution is 2.54. The van der Waals surface area contributed by atoms with Gasteiger partial charge in [0.15, 0.2) is 0 Å². The van der Waals surface area contributed by atoms with Crippen LogP contribution < -0.4 is 0 Å². The van der Waals surface area contributed by atoms with Gasteiger partial charge in [-0.15, -0.1) is 0 Å². The van der Waals surface area contributed by atoms with Crippen molar-refractivity contribution < 1.29 is 9.59 Å². The Labute approximate surface area is 149 Å². The molecule has 0 saturated carbocycles. The van der Waals surface area contributed by atoms with Crippen LogP contribution in [-0.4, -0.2) is 19.2 Å². The summed E-state index contributed by atoms with van der Waals surface area (Å²) in [6, 6.07) is 0. The molecule has 3 aliphatic rings. The number of halogens is 3. The third-order valence-electron chi connectivity index (χ3n) is 5.13. The number of nitrogens with zero attached hydrogens (tertiary/aromatic N) is 1. The Balaban J connectivity index is 1.88. The van der Waals surface area contributed by atoms with Gasteiger partial charge in [-0.05, 0) is 37.5 Å². The van der Waals surface area contributed by atoms with Gasteiger partial charge in [0.2, 0.25) is 11.8 Å². The molecule has 0 bridgehead atoms. The zero-order valence-electron chi connectivity index (χ0n) is 12.5. The van der Waals surface area contributed by atoms with Crippen molar-refractivity contribution >= 4 is 58.6 Å². The maximum atomic E-state index is 12.6. The summed E-state index contributed by atoms with van der Waals surface area (Å²) < 4.78 is -0.626. The van der Waals surface area contributed by atoms with Gasteiger partial charge in [-0.2, -0.15) is 0 Å². The average molecular weight is 383 g/mol. The third-order valence-corrected chi connectivity index (χ3v) is 6.50. The summed E-state index contributed by atoms with van der Waals surface area (Å²) in [4.78, 5) is 25.1. The van der Waals surface area contributed by atoms with E-state index in [4.69, 9.17) is 34.8 Å². The summed E-state index contributed by atoms with van der Waals surface area (Å²) >= 11 is 17.9. The lowest BCUT2D eigenvalue weighted by Crippen LogP contribution is -2.31. The van der Waals surface area contributed by atoms with Gasteiger partial charge in [0.1, 0.15) is 0 Å². The molecule has 3 rings (SSSR count). The number of rotatable bonds is 1. The summed E-state index contributed by atoms with van der Waals surface area (Å²) in [5.74, 6) is -0.982. The van der Waals surface area contributed by atoms with E-state index in [9.17, 15) is 9.59 Å². The lowest BCUT2D eigenvalue weighted by Gasteiger charge is -2.40. The van der Waals surface area contributed by atoms with Crippen LogP contribution in [0.5, 0.6) is 0 Å². The minimum atomic E-state index is -1.70. The summed E-state index contributed by atoms with van der Waals surface area (Å²) in [5, 5.41) is 0. The number of carbonyl (C=O) groups is 2. The quantitative estimate of drug-likeness (QED) is 0.281. The Hall–Kier alpha value is 0.1000. The standard InChI is InChI=1S/C15H18Cl3NO2S/c1-14(2)5-3-4-8-6-9-10(7-11(8)14)13(21)19(12(9)20)22-15(16,17)18/h9-10H,3-7H2,1-2H3. The molecule has 2 amide bonds. The number of allylic oxidation sites excluding steroid dienone is 2. The summed E-state index contributed by atoms with van der Waals surface area (Å²) in [6.07, 6.45) is 4.69. The SMILES string of the molecule is CC1(C)CCCC2=C1CC1C(=O)N(SC(Cl)(Cl)Cl)C(=O)C1C2. The maximum Gasteiger partial charge on any atom is 0.256 e. The van der Waals surface area contributed by atoms with E-state index in [0.717, 1.165) is 23.6 Å². The average Bonchev–Trinajstić information content (AvgIpc) is 2.61. The molecule has 3 nitrogen and oxygen atoms in total. The zero-order valence-corrected chi connectivity index (χ0v) is 15.6. The summed E-state index contributed by atoms with van der Waals surface area (Å²) in [6.45, 7) is 4.47. The fraction of sp³-hybridized carbons (Fsp3) is 0.733. The molecule has 0 spiro atoms. The minimum Gasteiger partial charge on any atom is -0.273 e. The molecule has 122 valence electrons. The molecule has 1 aliphatic heterocycles. The first-order valence-electron chi connectivity index (χ1n) is 7.45. The number of fused-ring (bicyclic) bond motifs is 1. The van der Waals surface area contributed by atoms with Gasteiger partial charge < -0.3 is 0 Å². The van der Waals surface area contributed by atoms with Crippen molar-refractivity contribution in [3.05, 3.63) is 11.1 Å². The molecule has 2 unspecified atom stereocenters. The van der Waals surface area contributed by atoms with Crippen LogP contribution in [0.2, 0.25) is 0 Å². The molecule has 0 radical (unpaired) electrons. The molecule has 7 heteroatoms. The van der Waals surface area contributed by atoms with Gasteiger partial charge in [0, 0.05) is 11.9 Å². The number of alkyl halides is 3. The first kappa shape index (κ1) is 16.9. The molecule has 0 N–H and O–H groups in total. The normalized spacial score (nSPS) is 31.4. The highest BCUT2D eigenvalue weighted by molar-refractivity contribution is 8.03. The third kappa shape index (κ3) is 2.92. The van der Waals surface area contributed by atoms with Crippen molar-refractivity contribution in [3.8, 4) is 0 Å². The van der Waals surface area contributed by atoms with E-state index in [1.807, 2.05) is 0 Å². The van der Waals surface area contributed by atoms with Crippen molar-refractivity contribution in [2.75, 3.05) is 0 Å². The van der Waals surface area contributed by atoms with Crippen LogP contribution in [0.25, 0.3) is 0 Å². The molecule has 0 aromatic heterocycles. The van der Waals surface area contributed by atoms with Crippen molar-refractivity contribution in [1.29, 1.82) is 0 Å². The van der Waals surface area contributed by atoms with Gasteiger partial charge in [0.25, 0.3) is 3.12 Å². The second-order valence-corrected chi connectivity index (χ2v) is 11.1.